The largest absolute Gasteiger partial charge is 1.00 e. The summed E-state index contributed by atoms with van der Waals surface area (Å²) in [4.78, 5) is 0. The smallest absolute Gasteiger partial charge is 1.00 e. The van der Waals surface area contributed by atoms with E-state index < -0.39 is 0 Å². The summed E-state index contributed by atoms with van der Waals surface area (Å²) in [6.07, 6.45) is 7.65. The number of hydrogen-bond acceptors (Lipinski definition) is 0. The Bertz CT molecular complexity index is 828. The van der Waals surface area contributed by atoms with Crippen LogP contribution in [0.3, 0.4) is 0 Å². The first-order chi connectivity index (χ1) is 9.93. The summed E-state index contributed by atoms with van der Waals surface area (Å²) in [6, 6.07) is 17.6. The van der Waals surface area contributed by atoms with E-state index in [2.05, 4.69) is 71.0 Å². The van der Waals surface area contributed by atoms with Gasteiger partial charge in [-0.3, -0.25) is 0 Å². The number of hydrogen-bond donors (Lipinski definition) is 0. The van der Waals surface area contributed by atoms with Crippen molar-refractivity contribution in [2.45, 2.75) is 6.42 Å². The topological polar surface area (TPSA) is 0 Å². The minimum atomic E-state index is 0. The second kappa shape index (κ2) is 8.68. The average molecular weight is 405 g/mol. The quantitative estimate of drug-likeness (QED) is 0.457. The molecular formula is C19H15Cl2Zr-. The van der Waals surface area contributed by atoms with Crippen LogP contribution in [-0.4, -0.2) is 4.21 Å². The zero-order chi connectivity index (χ0) is 13.9. The summed E-state index contributed by atoms with van der Waals surface area (Å²) >= 11 is 1.30. The maximum Gasteiger partial charge on any atom is -1.00 e. The molecule has 0 atom stereocenters. The van der Waals surface area contributed by atoms with E-state index in [1.54, 1.807) is 0 Å². The van der Waals surface area contributed by atoms with Crippen molar-refractivity contribution in [3.63, 3.8) is 0 Å². The van der Waals surface area contributed by atoms with Gasteiger partial charge in [0, 0.05) is 0 Å². The van der Waals surface area contributed by atoms with Crippen molar-refractivity contribution >= 4 is 31.3 Å². The van der Waals surface area contributed by atoms with E-state index in [9.17, 15) is 0 Å². The minimum absolute atomic E-state index is 0. The fraction of sp³-hybridized carbons (Fsp3) is 0.0526. The van der Waals surface area contributed by atoms with Gasteiger partial charge in [-0.1, -0.05) is 65.8 Å². The maximum atomic E-state index is 3.34. The number of rotatable bonds is 1. The van der Waals surface area contributed by atoms with E-state index in [0.29, 0.717) is 0 Å². The number of fused-ring (bicyclic) bond motifs is 3. The first kappa shape index (κ1) is 19.2. The first-order valence-corrected chi connectivity index (χ1v) is 8.46. The Morgan fingerprint density at radius 3 is 2.36 bits per heavy atom. The SMILES string of the molecule is C1=CCC(c2cccc3c2[cH-]c2ccccc23)=C1.[CH2]=[Zr+2].[Cl-].[Cl-]. The molecule has 0 amide bonds. The van der Waals surface area contributed by atoms with Crippen LogP contribution in [0.4, 0.5) is 0 Å². The molecule has 0 N–H and O–H groups in total. The van der Waals surface area contributed by atoms with E-state index in [1.807, 2.05) is 0 Å². The van der Waals surface area contributed by atoms with E-state index in [0.717, 1.165) is 6.42 Å². The van der Waals surface area contributed by atoms with Gasteiger partial charge in [-0.2, -0.15) is 0 Å². The molecule has 1 aliphatic carbocycles. The van der Waals surface area contributed by atoms with Crippen molar-refractivity contribution in [1.82, 2.24) is 0 Å². The molecule has 0 nitrogen and oxygen atoms in total. The Labute approximate surface area is 158 Å². The van der Waals surface area contributed by atoms with Crippen LogP contribution in [0.1, 0.15) is 12.0 Å². The summed E-state index contributed by atoms with van der Waals surface area (Å²) in [5.41, 5.74) is 2.81. The summed E-state index contributed by atoms with van der Waals surface area (Å²) in [7, 11) is 0. The van der Waals surface area contributed by atoms with Crippen LogP contribution in [0.15, 0.2) is 66.8 Å². The van der Waals surface area contributed by atoms with Crippen molar-refractivity contribution in [1.29, 1.82) is 0 Å². The molecule has 0 saturated heterocycles. The molecular weight excluding hydrogens is 390 g/mol. The molecule has 3 aromatic carbocycles. The van der Waals surface area contributed by atoms with Crippen LogP contribution in [0.2, 0.25) is 0 Å². The van der Waals surface area contributed by atoms with Gasteiger partial charge in [0.25, 0.3) is 0 Å². The number of allylic oxidation sites excluding steroid dienone is 4. The van der Waals surface area contributed by atoms with Gasteiger partial charge in [0.2, 0.25) is 0 Å². The fourth-order valence-corrected chi connectivity index (χ4v) is 2.91. The van der Waals surface area contributed by atoms with Gasteiger partial charge in [0.1, 0.15) is 0 Å². The molecule has 110 valence electrons. The van der Waals surface area contributed by atoms with Gasteiger partial charge < -0.3 is 24.8 Å². The van der Waals surface area contributed by atoms with Gasteiger partial charge in [-0.15, -0.1) is 33.7 Å². The number of halogens is 2. The Morgan fingerprint density at radius 2 is 1.64 bits per heavy atom. The zero-order valence-electron chi connectivity index (χ0n) is 12.0. The average Bonchev–Trinajstić information content (AvgIpc) is 3.16. The molecule has 0 heterocycles. The summed E-state index contributed by atoms with van der Waals surface area (Å²) in [6.45, 7) is 0. The number of benzene rings is 2. The standard InChI is InChI=1S/C18H13.CH2.2ClH.Zr/c1-2-7-13(6-1)15-10-5-11-17-16-9-4-3-8-14(16)12-18(15)17;;;;/h1-6,8-12H,7H2;1H2;2*1H;/q-1;;;;+2/p-2. The molecule has 0 spiro atoms. The molecule has 22 heavy (non-hydrogen) atoms. The predicted molar refractivity (Wildman–Crippen MR) is 85.9 cm³/mol. The molecule has 3 aromatic rings. The molecule has 0 radical (unpaired) electrons. The monoisotopic (exact) mass is 403 g/mol. The molecule has 3 heteroatoms. The fourth-order valence-electron chi connectivity index (χ4n) is 2.91. The summed E-state index contributed by atoms with van der Waals surface area (Å²) in [5.74, 6) is 0. The van der Waals surface area contributed by atoms with Crippen LogP contribution in [0.5, 0.6) is 0 Å². The second-order valence-corrected chi connectivity index (χ2v) is 4.82. The molecule has 1 aliphatic rings. The predicted octanol–water partition coefficient (Wildman–Crippen LogP) is -0.972. The van der Waals surface area contributed by atoms with Crippen LogP contribution >= 0.6 is 0 Å². The van der Waals surface area contributed by atoms with Crippen molar-refractivity contribution in [2.75, 3.05) is 0 Å². The van der Waals surface area contributed by atoms with Crippen molar-refractivity contribution < 1.29 is 49.0 Å². The third-order valence-electron chi connectivity index (χ3n) is 3.77. The molecule has 4 rings (SSSR count). The van der Waals surface area contributed by atoms with Crippen LogP contribution in [-0.2, 0) is 24.2 Å². The molecule has 0 fully saturated rings. The Kier molecular flexibility index (Phi) is 7.56. The van der Waals surface area contributed by atoms with Gasteiger partial charge >= 0.3 is 28.4 Å². The van der Waals surface area contributed by atoms with E-state index in [4.69, 9.17) is 0 Å². The minimum Gasteiger partial charge on any atom is -1.00 e. The van der Waals surface area contributed by atoms with E-state index >= 15 is 0 Å². The van der Waals surface area contributed by atoms with Crippen LogP contribution in [0, 0.1) is 0 Å². The molecule has 0 aromatic heterocycles. The van der Waals surface area contributed by atoms with Crippen molar-refractivity contribution in [3.8, 4) is 0 Å². The Hall–Kier alpha value is -0.877. The van der Waals surface area contributed by atoms with E-state index in [1.165, 1.54) is 56.9 Å². The maximum absolute atomic E-state index is 3.34. The zero-order valence-corrected chi connectivity index (χ0v) is 16.0. The van der Waals surface area contributed by atoms with Gasteiger partial charge in [0.05, 0.1) is 0 Å². The molecule has 0 bridgehead atoms. The summed E-state index contributed by atoms with van der Waals surface area (Å²) < 4.78 is 3.34. The van der Waals surface area contributed by atoms with Crippen molar-refractivity contribution in [3.05, 3.63) is 72.3 Å². The normalized spacial score (nSPS) is 12.2. The van der Waals surface area contributed by atoms with Crippen LogP contribution < -0.4 is 24.8 Å². The van der Waals surface area contributed by atoms with E-state index in [-0.39, 0.29) is 24.8 Å². The first-order valence-electron chi connectivity index (χ1n) is 6.72. The Balaban J connectivity index is 0.000000583. The molecule has 0 unspecified atom stereocenters. The van der Waals surface area contributed by atoms with Gasteiger partial charge in [0.15, 0.2) is 0 Å². The van der Waals surface area contributed by atoms with Gasteiger partial charge in [-0.25, -0.2) is 0 Å². The third kappa shape index (κ3) is 3.38. The molecule has 0 aliphatic heterocycles. The van der Waals surface area contributed by atoms with Crippen LogP contribution in [0.25, 0.3) is 27.1 Å². The van der Waals surface area contributed by atoms with Gasteiger partial charge in [-0.05, 0) is 6.42 Å². The molecule has 0 saturated carbocycles. The second-order valence-electron chi connectivity index (χ2n) is 4.82. The Morgan fingerprint density at radius 1 is 0.909 bits per heavy atom. The third-order valence-corrected chi connectivity index (χ3v) is 3.77. The van der Waals surface area contributed by atoms with Crippen molar-refractivity contribution in [2.24, 2.45) is 0 Å². The summed E-state index contributed by atoms with van der Waals surface area (Å²) in [5, 5.41) is 5.46.